The normalized spacial score (nSPS) is 12.2. The summed E-state index contributed by atoms with van der Waals surface area (Å²) in [6, 6.07) is 13.6. The maximum atomic E-state index is 15.5. The molecule has 1 aromatic heterocycles. The minimum absolute atomic E-state index is 0.129. The topological polar surface area (TPSA) is 92.4 Å². The number of aliphatic hydroxyl groups excluding tert-OH is 1. The molecule has 10 heteroatoms. The molecular weight excluding hydrogens is 522 g/mol. The van der Waals surface area contributed by atoms with Gasteiger partial charge in [-0.1, -0.05) is 35.9 Å². The van der Waals surface area contributed by atoms with Crippen LogP contribution in [0.5, 0.6) is 0 Å². The van der Waals surface area contributed by atoms with E-state index in [1.54, 1.807) is 32.2 Å². The minimum Gasteiger partial charge on any atom is -0.392 e. The van der Waals surface area contributed by atoms with Gasteiger partial charge in [0.1, 0.15) is 23.1 Å². The molecule has 4 aromatic rings. The lowest BCUT2D eigenvalue weighted by atomic mass is 10.0. The molecule has 194 valence electrons. The fraction of sp³-hybridized carbons (Fsp3) is 0.222. The van der Waals surface area contributed by atoms with Crippen molar-refractivity contribution in [3.05, 3.63) is 100 Å². The van der Waals surface area contributed by atoms with E-state index in [-0.39, 0.29) is 33.7 Å². The first-order valence-corrected chi connectivity index (χ1v) is 13.5. The van der Waals surface area contributed by atoms with Gasteiger partial charge in [0.15, 0.2) is 9.84 Å². The quantitative estimate of drug-likeness (QED) is 0.333. The third kappa shape index (κ3) is 5.60. The summed E-state index contributed by atoms with van der Waals surface area (Å²) in [5.41, 5.74) is -0.0229. The molecule has 0 saturated heterocycles. The van der Waals surface area contributed by atoms with Gasteiger partial charge >= 0.3 is 0 Å². The van der Waals surface area contributed by atoms with Crippen LogP contribution in [-0.4, -0.2) is 34.4 Å². The number of hydrogen-bond donors (Lipinski definition) is 2. The Kier molecular flexibility index (Phi) is 7.27. The van der Waals surface area contributed by atoms with Crippen molar-refractivity contribution in [1.82, 2.24) is 9.55 Å². The van der Waals surface area contributed by atoms with E-state index >= 15 is 4.39 Å². The molecule has 0 atom stereocenters. The van der Waals surface area contributed by atoms with Crippen LogP contribution in [0, 0.1) is 11.6 Å². The Hall–Kier alpha value is -3.11. The van der Waals surface area contributed by atoms with Crippen LogP contribution in [0.1, 0.15) is 36.5 Å². The van der Waals surface area contributed by atoms with Gasteiger partial charge in [-0.15, -0.1) is 0 Å². The molecule has 3 aromatic carbocycles. The Balaban J connectivity index is 1.82. The Bertz CT molecular complexity index is 1590. The second-order valence-corrected chi connectivity index (χ2v) is 11.7. The van der Waals surface area contributed by atoms with Gasteiger partial charge in [-0.3, -0.25) is 0 Å². The van der Waals surface area contributed by atoms with Crippen molar-refractivity contribution in [3.8, 4) is 16.8 Å². The Morgan fingerprint density at radius 2 is 1.70 bits per heavy atom. The summed E-state index contributed by atoms with van der Waals surface area (Å²) in [4.78, 5) is 4.17. The number of imidazole rings is 1. The molecule has 0 spiro atoms. The summed E-state index contributed by atoms with van der Waals surface area (Å²) >= 11 is 6.32. The van der Waals surface area contributed by atoms with Crippen molar-refractivity contribution < 1.29 is 27.4 Å². The molecule has 0 saturated carbocycles. The first-order valence-electron chi connectivity index (χ1n) is 11.3. The predicted octanol–water partition coefficient (Wildman–Crippen LogP) is 5.18. The van der Waals surface area contributed by atoms with E-state index in [1.165, 1.54) is 22.8 Å². The van der Waals surface area contributed by atoms with Crippen LogP contribution >= 0.6 is 11.6 Å². The lowest BCUT2D eigenvalue weighted by Crippen LogP contribution is -2.16. The molecule has 4 rings (SSSR count). The number of rotatable bonds is 7. The van der Waals surface area contributed by atoms with Crippen molar-refractivity contribution in [2.24, 2.45) is 0 Å². The summed E-state index contributed by atoms with van der Waals surface area (Å²) in [6.07, 6.45) is 2.72. The van der Waals surface area contributed by atoms with Crippen LogP contribution in [0.25, 0.3) is 16.8 Å². The van der Waals surface area contributed by atoms with Crippen LogP contribution in [0.2, 0.25) is 5.02 Å². The second kappa shape index (κ2) is 9.98. The van der Waals surface area contributed by atoms with E-state index in [0.29, 0.717) is 16.5 Å². The van der Waals surface area contributed by atoms with Crippen LogP contribution in [0.15, 0.2) is 65.7 Å². The summed E-state index contributed by atoms with van der Waals surface area (Å²) in [7, 11) is -3.85. The molecule has 0 radical (unpaired) electrons. The van der Waals surface area contributed by atoms with Gasteiger partial charge in [0, 0.05) is 29.5 Å². The van der Waals surface area contributed by atoms with Crippen LogP contribution < -0.4 is 0 Å². The van der Waals surface area contributed by atoms with Crippen LogP contribution in [0.3, 0.4) is 0 Å². The van der Waals surface area contributed by atoms with E-state index < -0.39 is 33.7 Å². The zero-order chi connectivity index (χ0) is 27.1. The molecular formula is C27H25ClF2N2O4S. The van der Waals surface area contributed by atoms with E-state index in [0.717, 1.165) is 24.0 Å². The number of aromatic nitrogens is 2. The summed E-state index contributed by atoms with van der Waals surface area (Å²) < 4.78 is 56.0. The monoisotopic (exact) mass is 546 g/mol. The van der Waals surface area contributed by atoms with E-state index in [9.17, 15) is 23.0 Å². The van der Waals surface area contributed by atoms with Crippen LogP contribution in [-0.2, 0) is 28.5 Å². The highest BCUT2D eigenvalue weighted by molar-refractivity contribution is 7.90. The third-order valence-corrected chi connectivity index (χ3v) is 7.50. The van der Waals surface area contributed by atoms with Crippen molar-refractivity contribution in [2.45, 2.75) is 37.4 Å². The fourth-order valence-corrected chi connectivity index (χ4v) is 5.16. The van der Waals surface area contributed by atoms with E-state index in [2.05, 4.69) is 4.98 Å². The standard InChI is InChI=1S/C27H25ClF2N2O4S/c1-27(2,34)25-14-32(26(31-25)13-17-6-4-5-7-20(17)28)23-9-8-16(10-22(23)30)18-11-21(29)19(15-33)24(12-18)37(3,35)36/h4-12,14,33-34H,13,15H2,1-3H3. The maximum absolute atomic E-state index is 15.5. The van der Waals surface area contributed by atoms with Gasteiger partial charge < -0.3 is 14.8 Å². The Morgan fingerprint density at radius 3 is 2.30 bits per heavy atom. The SMILES string of the molecule is CC(C)(O)c1cn(-c2ccc(-c3cc(F)c(CO)c(S(C)(=O)=O)c3)cc2F)c(Cc2ccccc2Cl)n1. The van der Waals surface area contributed by atoms with Gasteiger partial charge in [0.25, 0.3) is 0 Å². The van der Waals surface area contributed by atoms with Gasteiger partial charge in [0.2, 0.25) is 0 Å². The van der Waals surface area contributed by atoms with Crippen molar-refractivity contribution >= 4 is 21.4 Å². The number of halogens is 3. The average molecular weight is 547 g/mol. The Labute approximate surface area is 218 Å². The smallest absolute Gasteiger partial charge is 0.176 e. The molecule has 2 N–H and O–H groups in total. The van der Waals surface area contributed by atoms with Crippen molar-refractivity contribution in [1.29, 1.82) is 0 Å². The summed E-state index contributed by atoms with van der Waals surface area (Å²) in [5.74, 6) is -1.14. The molecule has 0 unspecified atom stereocenters. The molecule has 0 aliphatic heterocycles. The maximum Gasteiger partial charge on any atom is 0.176 e. The van der Waals surface area contributed by atoms with Gasteiger partial charge in [-0.05, 0) is 60.9 Å². The van der Waals surface area contributed by atoms with Crippen molar-refractivity contribution in [3.63, 3.8) is 0 Å². The lowest BCUT2D eigenvalue weighted by molar-refractivity contribution is 0.0741. The highest BCUT2D eigenvalue weighted by Crippen LogP contribution is 2.31. The predicted molar refractivity (Wildman–Crippen MR) is 137 cm³/mol. The third-order valence-electron chi connectivity index (χ3n) is 5.96. The Morgan fingerprint density at radius 1 is 1.03 bits per heavy atom. The van der Waals surface area contributed by atoms with Gasteiger partial charge in [0.05, 0.1) is 22.9 Å². The van der Waals surface area contributed by atoms with Gasteiger partial charge in [-0.2, -0.15) is 0 Å². The minimum atomic E-state index is -3.85. The number of hydrogen-bond acceptors (Lipinski definition) is 5. The zero-order valence-electron chi connectivity index (χ0n) is 20.3. The zero-order valence-corrected chi connectivity index (χ0v) is 21.9. The van der Waals surface area contributed by atoms with Crippen LogP contribution in [0.4, 0.5) is 8.78 Å². The molecule has 0 bridgehead atoms. The van der Waals surface area contributed by atoms with E-state index in [4.69, 9.17) is 11.6 Å². The number of nitrogens with zero attached hydrogens (tertiary/aromatic N) is 2. The van der Waals surface area contributed by atoms with Crippen molar-refractivity contribution in [2.75, 3.05) is 6.26 Å². The fourth-order valence-electron chi connectivity index (χ4n) is 4.00. The molecule has 6 nitrogen and oxygen atoms in total. The molecule has 37 heavy (non-hydrogen) atoms. The first kappa shape index (κ1) is 26.9. The average Bonchev–Trinajstić information content (AvgIpc) is 3.23. The van der Waals surface area contributed by atoms with E-state index in [1.807, 2.05) is 12.1 Å². The highest BCUT2D eigenvalue weighted by Gasteiger charge is 2.24. The number of sulfone groups is 1. The molecule has 0 aliphatic rings. The van der Waals surface area contributed by atoms with Gasteiger partial charge in [-0.25, -0.2) is 22.2 Å². The molecule has 1 heterocycles. The largest absolute Gasteiger partial charge is 0.392 e. The number of aliphatic hydroxyl groups is 2. The lowest BCUT2D eigenvalue weighted by Gasteiger charge is -2.14. The summed E-state index contributed by atoms with van der Waals surface area (Å²) in [6.45, 7) is 2.35. The second-order valence-electron chi connectivity index (χ2n) is 9.27. The molecule has 0 amide bonds. The molecule has 0 aliphatic carbocycles. The first-order chi connectivity index (χ1) is 17.3. The number of benzene rings is 3. The molecule has 0 fully saturated rings. The summed E-state index contributed by atoms with van der Waals surface area (Å²) in [5, 5.41) is 20.5. The highest BCUT2D eigenvalue weighted by atomic mass is 35.5.